The zero-order valence-electron chi connectivity index (χ0n) is 8.26. The van der Waals surface area contributed by atoms with Gasteiger partial charge in [0.15, 0.2) is 0 Å². The summed E-state index contributed by atoms with van der Waals surface area (Å²) in [6.45, 7) is 8.62. The van der Waals surface area contributed by atoms with Crippen LogP contribution in [0.1, 0.15) is 43.5 Å². The predicted octanol–water partition coefficient (Wildman–Crippen LogP) is 2.47. The quantitative estimate of drug-likeness (QED) is 0.671. The Kier molecular flexibility index (Phi) is 2.79. The van der Waals surface area contributed by atoms with Gasteiger partial charge in [0.05, 0.1) is 11.9 Å². The molecule has 0 saturated carbocycles. The van der Waals surface area contributed by atoms with Gasteiger partial charge in [-0.1, -0.05) is 20.8 Å². The minimum atomic E-state index is 0.551. The highest BCUT2D eigenvalue weighted by Crippen LogP contribution is 2.20. The number of nitrogens with zero attached hydrogens (tertiary/aromatic N) is 2. The summed E-state index contributed by atoms with van der Waals surface area (Å²) < 4.78 is 0. The molecule has 0 amide bonds. The number of hydrogen-bond acceptors (Lipinski definition) is 2. The highest BCUT2D eigenvalue weighted by atomic mass is 15.1. The van der Waals surface area contributed by atoms with Crippen molar-refractivity contribution in [3.63, 3.8) is 0 Å². The van der Waals surface area contributed by atoms with E-state index in [1.54, 1.807) is 0 Å². The third-order valence-electron chi connectivity index (χ3n) is 2.08. The molecular weight excluding hydrogens is 148 g/mol. The van der Waals surface area contributed by atoms with Crippen LogP contribution in [0, 0.1) is 6.92 Å². The van der Waals surface area contributed by atoms with Crippen molar-refractivity contribution in [2.75, 3.05) is 0 Å². The number of aryl methyl sites for hydroxylation is 2. The maximum absolute atomic E-state index is 4.13. The molecule has 2 heteroatoms. The average Bonchev–Trinajstić information content (AvgIpc) is 2.03. The van der Waals surface area contributed by atoms with Crippen LogP contribution in [0.2, 0.25) is 0 Å². The van der Waals surface area contributed by atoms with Crippen molar-refractivity contribution in [1.29, 1.82) is 0 Å². The van der Waals surface area contributed by atoms with Crippen LogP contribution < -0.4 is 0 Å². The van der Waals surface area contributed by atoms with E-state index in [2.05, 4.69) is 37.9 Å². The van der Waals surface area contributed by atoms with Crippen LogP contribution in [-0.4, -0.2) is 10.2 Å². The second kappa shape index (κ2) is 3.65. The summed E-state index contributed by atoms with van der Waals surface area (Å²) in [6.07, 6.45) is 2.82. The van der Waals surface area contributed by atoms with Crippen LogP contribution >= 0.6 is 0 Å². The summed E-state index contributed by atoms with van der Waals surface area (Å²) in [5, 5.41) is 8.08. The van der Waals surface area contributed by atoms with Gasteiger partial charge in [0, 0.05) is 0 Å². The molecular formula is C10H16N2. The summed E-state index contributed by atoms with van der Waals surface area (Å²) in [5.41, 5.74) is 3.77. The fourth-order valence-corrected chi connectivity index (χ4v) is 1.59. The Morgan fingerprint density at radius 2 is 2.08 bits per heavy atom. The zero-order chi connectivity index (χ0) is 9.14. The molecule has 0 aliphatic rings. The topological polar surface area (TPSA) is 25.8 Å². The largest absolute Gasteiger partial charge is 0.159 e. The van der Waals surface area contributed by atoms with Gasteiger partial charge in [-0.3, -0.25) is 0 Å². The molecule has 0 fully saturated rings. The number of aromatic nitrogens is 2. The smallest absolute Gasteiger partial charge is 0.0665 e. The van der Waals surface area contributed by atoms with Crippen molar-refractivity contribution in [3.8, 4) is 0 Å². The molecule has 0 bridgehead atoms. The molecule has 0 spiro atoms. The first-order valence-electron chi connectivity index (χ1n) is 4.47. The van der Waals surface area contributed by atoms with E-state index in [9.17, 15) is 0 Å². The van der Waals surface area contributed by atoms with Crippen LogP contribution in [0.25, 0.3) is 0 Å². The summed E-state index contributed by atoms with van der Waals surface area (Å²) in [6, 6.07) is 0. The van der Waals surface area contributed by atoms with Crippen LogP contribution in [-0.2, 0) is 6.42 Å². The standard InChI is InChI=1S/C10H16N2/c1-5-9-10(7(2)3)8(4)6-11-12-9/h6-7H,5H2,1-4H3. The number of rotatable bonds is 2. The van der Waals surface area contributed by atoms with Gasteiger partial charge in [0.25, 0.3) is 0 Å². The molecule has 0 aliphatic carbocycles. The molecule has 0 saturated heterocycles. The van der Waals surface area contributed by atoms with Crippen molar-refractivity contribution in [2.24, 2.45) is 0 Å². The summed E-state index contributed by atoms with van der Waals surface area (Å²) in [7, 11) is 0. The van der Waals surface area contributed by atoms with Crippen molar-refractivity contribution < 1.29 is 0 Å². The van der Waals surface area contributed by atoms with Crippen molar-refractivity contribution in [3.05, 3.63) is 23.0 Å². The minimum Gasteiger partial charge on any atom is -0.159 e. The Morgan fingerprint density at radius 1 is 1.42 bits per heavy atom. The van der Waals surface area contributed by atoms with Gasteiger partial charge in [-0.2, -0.15) is 10.2 Å². The lowest BCUT2D eigenvalue weighted by Gasteiger charge is -2.11. The second-order valence-corrected chi connectivity index (χ2v) is 3.40. The van der Waals surface area contributed by atoms with E-state index in [1.807, 2.05) is 6.20 Å². The van der Waals surface area contributed by atoms with E-state index in [-0.39, 0.29) is 0 Å². The highest BCUT2D eigenvalue weighted by molar-refractivity contribution is 5.29. The van der Waals surface area contributed by atoms with Gasteiger partial charge >= 0.3 is 0 Å². The first kappa shape index (κ1) is 9.17. The molecule has 1 aromatic heterocycles. The molecule has 1 aromatic rings. The lowest BCUT2D eigenvalue weighted by Crippen LogP contribution is -2.03. The lowest BCUT2D eigenvalue weighted by molar-refractivity contribution is 0.784. The highest BCUT2D eigenvalue weighted by Gasteiger charge is 2.09. The Bertz CT molecular complexity index is 267. The lowest BCUT2D eigenvalue weighted by atomic mass is 9.97. The van der Waals surface area contributed by atoms with Crippen molar-refractivity contribution in [2.45, 2.75) is 40.0 Å². The second-order valence-electron chi connectivity index (χ2n) is 3.40. The Balaban J connectivity index is 3.20. The van der Waals surface area contributed by atoms with Gasteiger partial charge in [-0.25, -0.2) is 0 Å². The van der Waals surface area contributed by atoms with E-state index in [4.69, 9.17) is 0 Å². The molecule has 0 atom stereocenters. The van der Waals surface area contributed by atoms with Gasteiger partial charge in [0.2, 0.25) is 0 Å². The summed E-state index contributed by atoms with van der Waals surface area (Å²) in [4.78, 5) is 0. The molecule has 2 nitrogen and oxygen atoms in total. The fraction of sp³-hybridized carbons (Fsp3) is 0.600. The molecule has 1 rings (SSSR count). The maximum Gasteiger partial charge on any atom is 0.0665 e. The van der Waals surface area contributed by atoms with Crippen molar-refractivity contribution in [1.82, 2.24) is 10.2 Å². The predicted molar refractivity (Wildman–Crippen MR) is 50.2 cm³/mol. The van der Waals surface area contributed by atoms with E-state index < -0.39 is 0 Å². The third kappa shape index (κ3) is 1.63. The molecule has 66 valence electrons. The van der Waals surface area contributed by atoms with Crippen LogP contribution in [0.5, 0.6) is 0 Å². The molecule has 0 aliphatic heterocycles. The monoisotopic (exact) mass is 164 g/mol. The summed E-state index contributed by atoms with van der Waals surface area (Å²) >= 11 is 0. The van der Waals surface area contributed by atoms with Gasteiger partial charge in [-0.15, -0.1) is 0 Å². The first-order chi connectivity index (χ1) is 5.66. The maximum atomic E-state index is 4.13. The van der Waals surface area contributed by atoms with Crippen LogP contribution in [0.4, 0.5) is 0 Å². The fourth-order valence-electron chi connectivity index (χ4n) is 1.59. The van der Waals surface area contributed by atoms with Crippen LogP contribution in [0.3, 0.4) is 0 Å². The average molecular weight is 164 g/mol. The van der Waals surface area contributed by atoms with E-state index >= 15 is 0 Å². The Labute approximate surface area is 74.0 Å². The van der Waals surface area contributed by atoms with E-state index in [0.717, 1.165) is 12.1 Å². The minimum absolute atomic E-state index is 0.551. The molecule has 0 unspecified atom stereocenters. The zero-order valence-corrected chi connectivity index (χ0v) is 8.26. The van der Waals surface area contributed by atoms with Gasteiger partial charge in [0.1, 0.15) is 0 Å². The first-order valence-corrected chi connectivity index (χ1v) is 4.47. The van der Waals surface area contributed by atoms with E-state index in [1.165, 1.54) is 11.1 Å². The Morgan fingerprint density at radius 3 is 2.50 bits per heavy atom. The molecule has 0 aromatic carbocycles. The van der Waals surface area contributed by atoms with Gasteiger partial charge < -0.3 is 0 Å². The summed E-state index contributed by atoms with van der Waals surface area (Å²) in [5.74, 6) is 0.551. The molecule has 0 N–H and O–H groups in total. The SMILES string of the molecule is CCc1nncc(C)c1C(C)C. The molecule has 1 heterocycles. The normalized spacial score (nSPS) is 10.8. The van der Waals surface area contributed by atoms with E-state index in [0.29, 0.717) is 5.92 Å². The molecule has 0 radical (unpaired) electrons. The Hall–Kier alpha value is -0.920. The van der Waals surface area contributed by atoms with Crippen LogP contribution in [0.15, 0.2) is 6.20 Å². The molecule has 12 heavy (non-hydrogen) atoms. The van der Waals surface area contributed by atoms with Crippen molar-refractivity contribution >= 4 is 0 Å². The van der Waals surface area contributed by atoms with Gasteiger partial charge in [-0.05, 0) is 30.4 Å². The third-order valence-corrected chi connectivity index (χ3v) is 2.08. The number of hydrogen-bond donors (Lipinski definition) is 0.